The zero-order valence-electron chi connectivity index (χ0n) is 15.2. The van der Waals surface area contributed by atoms with Crippen LogP contribution in [-0.2, 0) is 6.54 Å². The molecule has 0 aliphatic heterocycles. The van der Waals surface area contributed by atoms with Crippen molar-refractivity contribution in [1.29, 1.82) is 0 Å². The summed E-state index contributed by atoms with van der Waals surface area (Å²) in [6.45, 7) is 0.639. The first-order valence-electron chi connectivity index (χ1n) is 9.02. The summed E-state index contributed by atoms with van der Waals surface area (Å²) in [5.41, 5.74) is 10.9. The molecular weight excluding hydrogens is 348 g/mol. The van der Waals surface area contributed by atoms with Gasteiger partial charge >= 0.3 is 0 Å². The van der Waals surface area contributed by atoms with E-state index < -0.39 is 0 Å². The van der Waals surface area contributed by atoms with Crippen LogP contribution in [0.2, 0.25) is 0 Å². The summed E-state index contributed by atoms with van der Waals surface area (Å²) in [4.78, 5) is 12.4. The third-order valence-electron chi connectivity index (χ3n) is 4.51. The lowest BCUT2D eigenvalue weighted by Crippen LogP contribution is -2.13. The summed E-state index contributed by atoms with van der Waals surface area (Å²) < 4.78 is 1.89. The van der Waals surface area contributed by atoms with Crippen molar-refractivity contribution in [2.75, 3.05) is 11.1 Å². The highest BCUT2D eigenvalue weighted by molar-refractivity contribution is 6.05. The van der Waals surface area contributed by atoms with E-state index in [-0.39, 0.29) is 5.91 Å². The topological polar surface area (TPSA) is 72.9 Å². The number of hydrogen-bond acceptors (Lipinski definition) is 3. The van der Waals surface area contributed by atoms with Crippen molar-refractivity contribution in [1.82, 2.24) is 9.78 Å². The molecule has 0 fully saturated rings. The molecular formula is C23H20N4O. The van der Waals surface area contributed by atoms with Crippen molar-refractivity contribution in [3.8, 4) is 11.1 Å². The molecule has 0 radical (unpaired) electrons. The third-order valence-corrected chi connectivity index (χ3v) is 4.51. The van der Waals surface area contributed by atoms with Gasteiger partial charge in [-0.15, -0.1) is 0 Å². The van der Waals surface area contributed by atoms with E-state index in [0.717, 1.165) is 16.7 Å². The van der Waals surface area contributed by atoms with Crippen molar-refractivity contribution >= 4 is 17.3 Å². The molecule has 0 atom stereocenters. The van der Waals surface area contributed by atoms with Gasteiger partial charge in [-0.3, -0.25) is 9.48 Å². The number of aromatic nitrogens is 2. The molecule has 4 rings (SSSR count). The molecule has 0 unspecified atom stereocenters. The Morgan fingerprint density at radius 1 is 0.893 bits per heavy atom. The van der Waals surface area contributed by atoms with Crippen molar-refractivity contribution in [3.63, 3.8) is 0 Å². The van der Waals surface area contributed by atoms with Gasteiger partial charge in [0.1, 0.15) is 0 Å². The first kappa shape index (κ1) is 17.5. The van der Waals surface area contributed by atoms with Gasteiger partial charge in [0, 0.05) is 17.3 Å². The fourth-order valence-electron chi connectivity index (χ4n) is 2.98. The van der Waals surface area contributed by atoms with Crippen LogP contribution in [0.15, 0.2) is 91.3 Å². The van der Waals surface area contributed by atoms with Crippen LogP contribution in [-0.4, -0.2) is 15.7 Å². The molecule has 138 valence electrons. The van der Waals surface area contributed by atoms with Crippen LogP contribution < -0.4 is 11.1 Å². The molecule has 0 saturated heterocycles. The maximum atomic E-state index is 12.4. The summed E-state index contributed by atoms with van der Waals surface area (Å²) in [6.07, 6.45) is 3.88. The summed E-state index contributed by atoms with van der Waals surface area (Å²) in [7, 11) is 0. The fourth-order valence-corrected chi connectivity index (χ4v) is 2.98. The number of nitrogens with one attached hydrogen (secondary N) is 1. The smallest absolute Gasteiger partial charge is 0.255 e. The molecule has 0 spiro atoms. The number of carbonyl (C=O) groups is 1. The minimum atomic E-state index is -0.185. The van der Waals surface area contributed by atoms with Crippen LogP contribution in [0.1, 0.15) is 15.9 Å². The number of hydrogen-bond donors (Lipinski definition) is 2. The zero-order chi connectivity index (χ0) is 19.3. The highest BCUT2D eigenvalue weighted by atomic mass is 16.1. The summed E-state index contributed by atoms with van der Waals surface area (Å²) in [5, 5.41) is 7.27. The second kappa shape index (κ2) is 7.80. The highest BCUT2D eigenvalue weighted by Crippen LogP contribution is 2.19. The molecule has 28 heavy (non-hydrogen) atoms. The van der Waals surface area contributed by atoms with Crippen LogP contribution in [0.3, 0.4) is 0 Å². The minimum Gasteiger partial charge on any atom is -0.397 e. The van der Waals surface area contributed by atoms with Crippen molar-refractivity contribution in [2.24, 2.45) is 0 Å². The number of nitrogens with two attached hydrogens (primary N) is 1. The molecule has 1 amide bonds. The van der Waals surface area contributed by atoms with E-state index in [9.17, 15) is 4.79 Å². The fraction of sp³-hybridized carbons (Fsp3) is 0.0435. The molecule has 0 bridgehead atoms. The first-order chi connectivity index (χ1) is 13.7. The second-order valence-corrected chi connectivity index (χ2v) is 6.53. The molecule has 4 aromatic rings. The van der Waals surface area contributed by atoms with Crippen LogP contribution in [0.4, 0.5) is 11.4 Å². The van der Waals surface area contributed by atoms with E-state index in [1.165, 1.54) is 0 Å². The Labute approximate surface area is 163 Å². The van der Waals surface area contributed by atoms with E-state index in [1.807, 2.05) is 71.7 Å². The lowest BCUT2D eigenvalue weighted by molar-refractivity contribution is 0.102. The summed E-state index contributed by atoms with van der Waals surface area (Å²) in [6, 6.07) is 24.9. The molecule has 0 saturated carbocycles. The largest absolute Gasteiger partial charge is 0.397 e. The zero-order valence-corrected chi connectivity index (χ0v) is 15.2. The number of rotatable bonds is 5. The van der Waals surface area contributed by atoms with Gasteiger partial charge in [-0.2, -0.15) is 5.10 Å². The number of nitrogen functional groups attached to an aromatic ring is 1. The van der Waals surface area contributed by atoms with Gasteiger partial charge in [-0.1, -0.05) is 54.6 Å². The number of carbonyl (C=O) groups excluding carboxylic acids is 1. The first-order valence-corrected chi connectivity index (χ1v) is 9.02. The minimum absolute atomic E-state index is 0.185. The van der Waals surface area contributed by atoms with Crippen molar-refractivity contribution < 1.29 is 4.79 Å². The predicted octanol–water partition coefficient (Wildman–Crippen LogP) is 4.43. The van der Waals surface area contributed by atoms with E-state index in [2.05, 4.69) is 22.5 Å². The van der Waals surface area contributed by atoms with Crippen molar-refractivity contribution in [3.05, 3.63) is 102 Å². The van der Waals surface area contributed by atoms with E-state index in [4.69, 9.17) is 5.73 Å². The van der Waals surface area contributed by atoms with Crippen LogP contribution >= 0.6 is 0 Å². The van der Waals surface area contributed by atoms with Gasteiger partial charge in [0.2, 0.25) is 0 Å². The Bertz CT molecular complexity index is 1090. The van der Waals surface area contributed by atoms with Crippen molar-refractivity contribution in [2.45, 2.75) is 6.54 Å². The Morgan fingerprint density at radius 3 is 2.36 bits per heavy atom. The van der Waals surface area contributed by atoms with Crippen LogP contribution in [0.5, 0.6) is 0 Å². The summed E-state index contributed by atoms with van der Waals surface area (Å²) >= 11 is 0. The monoisotopic (exact) mass is 368 g/mol. The lowest BCUT2D eigenvalue weighted by atomic mass is 10.1. The number of nitrogens with zero attached hydrogens (tertiary/aromatic N) is 2. The standard InChI is InChI=1S/C23H20N4O/c24-21-8-4-5-9-22(21)26-23(28)19-12-10-17(11-13-19)15-27-16-20(14-25-27)18-6-2-1-3-7-18/h1-14,16H,15,24H2,(H,26,28). The van der Waals surface area contributed by atoms with Gasteiger partial charge in [-0.25, -0.2) is 0 Å². The number of anilines is 2. The quantitative estimate of drug-likeness (QED) is 0.512. The molecule has 3 N–H and O–H groups in total. The molecule has 0 aliphatic carbocycles. The SMILES string of the molecule is Nc1ccccc1NC(=O)c1ccc(Cn2cc(-c3ccccc3)cn2)cc1. The van der Waals surface area contributed by atoms with E-state index in [1.54, 1.807) is 12.1 Å². The molecule has 1 heterocycles. The van der Waals surface area contributed by atoms with Crippen LogP contribution in [0, 0.1) is 0 Å². The molecule has 5 nitrogen and oxygen atoms in total. The summed E-state index contributed by atoms with van der Waals surface area (Å²) in [5.74, 6) is -0.185. The molecule has 3 aromatic carbocycles. The maximum Gasteiger partial charge on any atom is 0.255 e. The highest BCUT2D eigenvalue weighted by Gasteiger charge is 2.08. The number of amides is 1. The Kier molecular flexibility index (Phi) is 4.89. The second-order valence-electron chi connectivity index (χ2n) is 6.53. The molecule has 0 aliphatic rings. The van der Waals surface area contributed by atoms with Crippen LogP contribution in [0.25, 0.3) is 11.1 Å². The Balaban J connectivity index is 1.43. The average molecular weight is 368 g/mol. The third kappa shape index (κ3) is 3.94. The molecule has 1 aromatic heterocycles. The van der Waals surface area contributed by atoms with Gasteiger partial charge in [0.05, 0.1) is 24.1 Å². The van der Waals surface area contributed by atoms with Gasteiger partial charge in [-0.05, 0) is 35.4 Å². The predicted molar refractivity (Wildman–Crippen MR) is 112 cm³/mol. The number of benzene rings is 3. The number of para-hydroxylation sites is 2. The lowest BCUT2D eigenvalue weighted by Gasteiger charge is -2.08. The molecule has 5 heteroatoms. The average Bonchev–Trinajstić information content (AvgIpc) is 3.19. The van der Waals surface area contributed by atoms with Gasteiger partial charge < -0.3 is 11.1 Å². The maximum absolute atomic E-state index is 12.4. The van der Waals surface area contributed by atoms with E-state index in [0.29, 0.717) is 23.5 Å². The van der Waals surface area contributed by atoms with E-state index >= 15 is 0 Å². The normalized spacial score (nSPS) is 10.6. The van der Waals surface area contributed by atoms with Gasteiger partial charge in [0.15, 0.2) is 0 Å². The van der Waals surface area contributed by atoms with Gasteiger partial charge in [0.25, 0.3) is 5.91 Å². The Morgan fingerprint density at radius 2 is 1.61 bits per heavy atom. The Hall–Kier alpha value is -3.86.